The van der Waals surface area contributed by atoms with E-state index < -0.39 is 31.7 Å². The minimum absolute atomic E-state index is 0.0116. The largest absolute Gasteiger partial charge is 0.768 e. The summed E-state index contributed by atoms with van der Waals surface area (Å²) in [6.07, 6.45) is 0. The van der Waals surface area contributed by atoms with Crippen molar-refractivity contribution in [3.63, 3.8) is 0 Å². The zero-order valence-corrected chi connectivity index (χ0v) is 17.3. The van der Waals surface area contributed by atoms with Crippen LogP contribution in [-0.4, -0.2) is 31.5 Å². The molecule has 4 N–H and O–H groups in total. The molecule has 13 heteroatoms. The fourth-order valence-corrected chi connectivity index (χ4v) is 3.70. The van der Waals surface area contributed by atoms with Gasteiger partial charge < -0.3 is 10.3 Å². The standard InChI is InChI=1S/C17H17N5O6S2/c1-9-3-5-12(29(24)25)8-14(9)22-17(23)16(10(2)21-22)20-19-11-4-6-13(18)15(7-11)30(26,27)28/h3-8,21H,18H2,1-2H3,(H,24,25)(H,26,27,28)/p-1. The van der Waals surface area contributed by atoms with Gasteiger partial charge in [0.05, 0.1) is 22.8 Å². The molecule has 1 aromatic heterocycles. The number of aryl methyl sites for hydroxylation is 2. The van der Waals surface area contributed by atoms with E-state index in [1.54, 1.807) is 19.9 Å². The van der Waals surface area contributed by atoms with Crippen molar-refractivity contribution in [2.45, 2.75) is 23.6 Å². The Hall–Kier alpha value is -3.13. The molecule has 0 bridgehead atoms. The van der Waals surface area contributed by atoms with E-state index in [1.165, 1.54) is 24.3 Å². The highest BCUT2D eigenvalue weighted by Crippen LogP contribution is 2.26. The monoisotopic (exact) mass is 450 g/mol. The predicted octanol–water partition coefficient (Wildman–Crippen LogP) is 2.26. The van der Waals surface area contributed by atoms with E-state index in [0.29, 0.717) is 16.9 Å². The minimum atomic E-state index is -4.55. The molecule has 30 heavy (non-hydrogen) atoms. The number of H-pyrrole nitrogens is 1. The van der Waals surface area contributed by atoms with Gasteiger partial charge in [-0.15, -0.1) is 5.11 Å². The summed E-state index contributed by atoms with van der Waals surface area (Å²) in [6.45, 7) is 3.28. The highest BCUT2D eigenvalue weighted by molar-refractivity contribution is 7.86. The lowest BCUT2D eigenvalue weighted by Crippen LogP contribution is -2.15. The zero-order valence-electron chi connectivity index (χ0n) is 15.7. The fraction of sp³-hybridized carbons (Fsp3) is 0.118. The van der Waals surface area contributed by atoms with Crippen LogP contribution in [0, 0.1) is 13.8 Å². The fourth-order valence-electron chi connectivity index (χ4n) is 2.68. The summed E-state index contributed by atoms with van der Waals surface area (Å²) in [4.78, 5) is 12.3. The average molecular weight is 450 g/mol. The second kappa shape index (κ2) is 7.95. The molecule has 0 fully saturated rings. The Bertz CT molecular complexity index is 1360. The first kappa shape index (κ1) is 21.6. The van der Waals surface area contributed by atoms with Gasteiger partial charge in [0.2, 0.25) is 0 Å². The van der Waals surface area contributed by atoms with Crippen LogP contribution in [0.4, 0.5) is 17.1 Å². The summed E-state index contributed by atoms with van der Waals surface area (Å²) in [6, 6.07) is 7.94. The number of benzene rings is 2. The van der Waals surface area contributed by atoms with Gasteiger partial charge in [-0.25, -0.2) is 4.68 Å². The highest BCUT2D eigenvalue weighted by Gasteiger charge is 2.16. The van der Waals surface area contributed by atoms with E-state index in [4.69, 9.17) is 5.73 Å². The number of nitrogens with zero attached hydrogens (tertiary/aromatic N) is 3. The van der Waals surface area contributed by atoms with Crippen LogP contribution in [0.15, 0.2) is 61.2 Å². The molecule has 0 aliphatic heterocycles. The summed E-state index contributed by atoms with van der Waals surface area (Å²) >= 11 is -2.47. The van der Waals surface area contributed by atoms with Crippen molar-refractivity contribution in [3.05, 3.63) is 58.0 Å². The molecule has 3 rings (SSSR count). The van der Waals surface area contributed by atoms with Crippen LogP contribution in [0.3, 0.4) is 0 Å². The second-order valence-electron chi connectivity index (χ2n) is 6.31. The molecule has 0 saturated heterocycles. The van der Waals surface area contributed by atoms with Gasteiger partial charge in [-0.1, -0.05) is 6.07 Å². The van der Waals surface area contributed by atoms with Crippen LogP contribution in [0.25, 0.3) is 5.69 Å². The number of nitrogens with one attached hydrogen (secondary N) is 1. The van der Waals surface area contributed by atoms with E-state index >= 15 is 0 Å². The average Bonchev–Trinajstić information content (AvgIpc) is 2.94. The maximum Gasteiger partial charge on any atom is 0.299 e. The molecule has 2 aromatic carbocycles. The molecule has 0 aliphatic rings. The lowest BCUT2D eigenvalue weighted by molar-refractivity contribution is 0.483. The van der Waals surface area contributed by atoms with Crippen LogP contribution in [-0.2, 0) is 21.2 Å². The molecule has 0 amide bonds. The molecule has 0 radical (unpaired) electrons. The molecule has 0 aliphatic carbocycles. The topological polar surface area (TPSA) is 183 Å². The van der Waals surface area contributed by atoms with Gasteiger partial charge in [0.1, 0.15) is 4.90 Å². The molecule has 1 unspecified atom stereocenters. The van der Waals surface area contributed by atoms with E-state index in [9.17, 15) is 26.5 Å². The Morgan fingerprint density at radius 2 is 1.87 bits per heavy atom. The Balaban J connectivity index is 2.05. The van der Waals surface area contributed by atoms with Crippen molar-refractivity contribution < 1.29 is 21.7 Å². The number of nitrogen functional groups attached to an aromatic ring is 1. The first-order valence-electron chi connectivity index (χ1n) is 8.29. The number of rotatable bonds is 5. The third-order valence-corrected chi connectivity index (χ3v) is 5.74. The number of hydrogen-bond donors (Lipinski definition) is 3. The third kappa shape index (κ3) is 4.23. The normalized spacial score (nSPS) is 13.1. The SMILES string of the molecule is Cc1ccc(S(=O)[O-])cc1-n1[nH]c(C)c(N=Nc2ccc(N)c(S(=O)(=O)O)c2)c1=O. The van der Waals surface area contributed by atoms with Crippen LogP contribution < -0.4 is 11.3 Å². The minimum Gasteiger partial charge on any atom is -0.768 e. The maximum atomic E-state index is 12.8. The quantitative estimate of drug-likeness (QED) is 0.230. The van der Waals surface area contributed by atoms with Gasteiger partial charge in [-0.05, 0) is 60.8 Å². The molecule has 11 nitrogen and oxygen atoms in total. The van der Waals surface area contributed by atoms with Gasteiger partial charge in [0.15, 0.2) is 5.69 Å². The first-order valence-corrected chi connectivity index (χ1v) is 10.8. The molecular weight excluding hydrogens is 434 g/mol. The van der Waals surface area contributed by atoms with Gasteiger partial charge in [-0.2, -0.15) is 13.5 Å². The zero-order chi connectivity index (χ0) is 22.2. The Morgan fingerprint density at radius 1 is 1.17 bits per heavy atom. The van der Waals surface area contributed by atoms with Crippen LogP contribution in [0.2, 0.25) is 0 Å². The Morgan fingerprint density at radius 3 is 2.50 bits per heavy atom. The Labute approximate surface area is 173 Å². The molecule has 1 atom stereocenters. The van der Waals surface area contributed by atoms with Crippen molar-refractivity contribution >= 4 is 38.3 Å². The number of azo groups is 1. The van der Waals surface area contributed by atoms with Crippen molar-refractivity contribution in [1.82, 2.24) is 9.78 Å². The van der Waals surface area contributed by atoms with Crippen LogP contribution >= 0.6 is 0 Å². The van der Waals surface area contributed by atoms with Crippen molar-refractivity contribution in [3.8, 4) is 5.69 Å². The molecular formula is C17H16N5O6S2-. The molecule has 158 valence electrons. The van der Waals surface area contributed by atoms with E-state index in [1.807, 2.05) is 0 Å². The van der Waals surface area contributed by atoms with Crippen LogP contribution in [0.5, 0.6) is 0 Å². The summed E-state index contributed by atoms with van der Waals surface area (Å²) < 4.78 is 55.5. The Kier molecular flexibility index (Phi) is 5.72. The molecule has 0 spiro atoms. The molecule has 0 saturated carbocycles. The summed E-state index contributed by atoms with van der Waals surface area (Å²) in [5.74, 6) is 0. The summed E-state index contributed by atoms with van der Waals surface area (Å²) in [7, 11) is -4.55. The van der Waals surface area contributed by atoms with Gasteiger partial charge >= 0.3 is 0 Å². The summed E-state index contributed by atoms with van der Waals surface area (Å²) in [5.41, 5.74) is 6.09. The van der Waals surface area contributed by atoms with Gasteiger partial charge in [0, 0.05) is 4.90 Å². The van der Waals surface area contributed by atoms with Crippen molar-refractivity contribution in [2.75, 3.05) is 5.73 Å². The highest BCUT2D eigenvalue weighted by atomic mass is 32.2. The number of anilines is 1. The lowest BCUT2D eigenvalue weighted by atomic mass is 10.2. The summed E-state index contributed by atoms with van der Waals surface area (Å²) in [5, 5.41) is 10.5. The van der Waals surface area contributed by atoms with Gasteiger partial charge in [0.25, 0.3) is 15.7 Å². The smallest absolute Gasteiger partial charge is 0.299 e. The number of aromatic amines is 1. The number of hydrogen-bond acceptors (Lipinski definition) is 8. The van der Waals surface area contributed by atoms with Gasteiger partial charge in [-0.3, -0.25) is 18.7 Å². The predicted molar refractivity (Wildman–Crippen MR) is 108 cm³/mol. The maximum absolute atomic E-state index is 12.8. The third-order valence-electron chi connectivity index (χ3n) is 4.19. The van der Waals surface area contributed by atoms with E-state index in [0.717, 1.165) is 10.7 Å². The molecule has 3 aromatic rings. The number of aromatic nitrogens is 2. The first-order chi connectivity index (χ1) is 14.0. The van der Waals surface area contributed by atoms with Crippen LogP contribution in [0.1, 0.15) is 11.3 Å². The lowest BCUT2D eigenvalue weighted by Gasteiger charge is -2.10. The van der Waals surface area contributed by atoms with Crippen molar-refractivity contribution in [1.29, 1.82) is 0 Å². The second-order valence-corrected chi connectivity index (χ2v) is 8.64. The van der Waals surface area contributed by atoms with Crippen molar-refractivity contribution in [2.24, 2.45) is 10.2 Å². The number of nitrogens with two attached hydrogens (primary N) is 1. The van der Waals surface area contributed by atoms with E-state index in [-0.39, 0.29) is 22.0 Å². The van der Waals surface area contributed by atoms with E-state index in [2.05, 4.69) is 15.3 Å². The molecule has 1 heterocycles.